The second kappa shape index (κ2) is 5.10. The molecule has 2 aromatic rings. The van der Waals surface area contributed by atoms with Crippen LogP contribution >= 0.6 is 0 Å². The predicted octanol–water partition coefficient (Wildman–Crippen LogP) is 0.994. The number of ether oxygens (including phenoxy) is 1. The molecule has 3 heterocycles. The minimum Gasteiger partial charge on any atom is -0.475 e. The Kier molecular flexibility index (Phi) is 3.13. The molecule has 3 rings (SSSR count). The van der Waals surface area contributed by atoms with Crippen molar-refractivity contribution in [3.8, 4) is 0 Å². The summed E-state index contributed by atoms with van der Waals surface area (Å²) in [5, 5.41) is 3.42. The van der Waals surface area contributed by atoms with E-state index in [9.17, 15) is 4.79 Å². The van der Waals surface area contributed by atoms with Crippen LogP contribution in [0, 0.1) is 0 Å². The number of hydrogen-bond donors (Lipinski definition) is 0. The Hall–Kier alpha value is -3.13. The fourth-order valence-corrected chi connectivity index (χ4v) is 1.93. The Morgan fingerprint density at radius 3 is 3.24 bits per heavy atom. The second-order valence-electron chi connectivity index (χ2n) is 4.09. The molecule has 0 fully saturated rings. The van der Waals surface area contributed by atoms with Crippen molar-refractivity contribution in [2.45, 2.75) is 0 Å². The van der Waals surface area contributed by atoms with Gasteiger partial charge in [-0.3, -0.25) is 0 Å². The molecule has 10 heteroatoms. The molecule has 1 aliphatic heterocycles. The van der Waals surface area contributed by atoms with Gasteiger partial charge in [-0.15, -0.1) is 0 Å². The molecule has 0 radical (unpaired) electrons. The Balaban J connectivity index is 1.93. The number of anilines is 1. The maximum Gasteiger partial charge on any atom is 0.454 e. The first-order valence-electron chi connectivity index (χ1n) is 5.90. The number of oxazole rings is 1. The molecule has 0 aliphatic carbocycles. The van der Waals surface area contributed by atoms with Crippen LogP contribution in [0.4, 0.5) is 5.69 Å². The lowest BCUT2D eigenvalue weighted by Gasteiger charge is -2.12. The fourth-order valence-electron chi connectivity index (χ4n) is 1.93. The largest absolute Gasteiger partial charge is 0.475 e. The molecule has 21 heavy (non-hydrogen) atoms. The molecular weight excluding hydrogens is 280 g/mol. The quantitative estimate of drug-likeness (QED) is 0.470. The maximum atomic E-state index is 11.5. The van der Waals surface area contributed by atoms with E-state index in [0.29, 0.717) is 22.7 Å². The van der Waals surface area contributed by atoms with Crippen molar-refractivity contribution in [2.75, 3.05) is 25.3 Å². The summed E-state index contributed by atoms with van der Waals surface area (Å²) < 4.78 is 11.4. The maximum absolute atomic E-state index is 11.5. The van der Waals surface area contributed by atoms with Crippen LogP contribution in [0.2, 0.25) is 0 Å². The molecule has 0 N–H and O–H groups in total. The van der Waals surface area contributed by atoms with Crippen LogP contribution in [0.3, 0.4) is 0 Å². The Morgan fingerprint density at radius 2 is 2.48 bits per heavy atom. The van der Waals surface area contributed by atoms with Crippen LogP contribution in [-0.4, -0.2) is 30.1 Å². The minimum atomic E-state index is -0.644. The second-order valence-corrected chi connectivity index (χ2v) is 4.09. The van der Waals surface area contributed by atoms with Crippen LogP contribution < -0.4 is 15.5 Å². The average Bonchev–Trinajstić information content (AvgIpc) is 3.07. The lowest BCUT2D eigenvalue weighted by molar-refractivity contribution is 0.154. The summed E-state index contributed by atoms with van der Waals surface area (Å²) in [6.07, 6.45) is 3.26. The Bertz CT molecular complexity index is 816. The molecule has 0 saturated carbocycles. The van der Waals surface area contributed by atoms with Crippen molar-refractivity contribution < 1.29 is 14.0 Å². The van der Waals surface area contributed by atoms with E-state index < -0.39 is 5.76 Å². The normalized spacial score (nSPS) is 13.8. The highest BCUT2D eigenvalue weighted by molar-refractivity contribution is 5.73. The zero-order valence-corrected chi connectivity index (χ0v) is 11.0. The van der Waals surface area contributed by atoms with Gasteiger partial charge in [-0.2, -0.15) is 0 Å². The van der Waals surface area contributed by atoms with Gasteiger partial charge in [0.2, 0.25) is 5.65 Å². The van der Waals surface area contributed by atoms with E-state index in [-0.39, 0.29) is 13.3 Å². The smallest absolute Gasteiger partial charge is 0.454 e. The van der Waals surface area contributed by atoms with E-state index in [1.807, 2.05) is 0 Å². The van der Waals surface area contributed by atoms with Crippen molar-refractivity contribution in [1.29, 1.82) is 0 Å². The molecule has 0 atom stereocenters. The van der Waals surface area contributed by atoms with Crippen molar-refractivity contribution in [2.24, 2.45) is 5.11 Å². The van der Waals surface area contributed by atoms with Crippen LogP contribution in [0.25, 0.3) is 21.7 Å². The van der Waals surface area contributed by atoms with E-state index >= 15 is 0 Å². The molecule has 0 saturated heterocycles. The summed E-state index contributed by atoms with van der Waals surface area (Å²) in [7, 11) is 1.35. The molecule has 0 spiro atoms. The van der Waals surface area contributed by atoms with Gasteiger partial charge in [0.05, 0.1) is 18.4 Å². The lowest BCUT2D eigenvalue weighted by atomic mass is 10.3. The third kappa shape index (κ3) is 2.23. The van der Waals surface area contributed by atoms with Gasteiger partial charge in [-0.1, -0.05) is 9.84 Å². The SMILES string of the molecule is COn1c(=O)oc2cc(N3C=C(CN=[N+]=[N-])OC3)cnc21. The molecule has 108 valence electrons. The van der Waals surface area contributed by atoms with Crippen LogP contribution in [0.1, 0.15) is 0 Å². The molecule has 0 unspecified atom stereocenters. The highest BCUT2D eigenvalue weighted by Crippen LogP contribution is 2.23. The van der Waals surface area contributed by atoms with Crippen molar-refractivity contribution >= 4 is 16.9 Å². The van der Waals surface area contributed by atoms with Gasteiger partial charge in [-0.25, -0.2) is 9.78 Å². The van der Waals surface area contributed by atoms with Crippen LogP contribution in [-0.2, 0) is 4.74 Å². The van der Waals surface area contributed by atoms with Crippen molar-refractivity contribution in [1.82, 2.24) is 9.71 Å². The van der Waals surface area contributed by atoms with Gasteiger partial charge in [0.1, 0.15) is 12.9 Å². The highest BCUT2D eigenvalue weighted by atomic mass is 16.7. The van der Waals surface area contributed by atoms with Gasteiger partial charge >= 0.3 is 5.76 Å². The number of rotatable bonds is 4. The van der Waals surface area contributed by atoms with Gasteiger partial charge in [0, 0.05) is 17.2 Å². The Labute approximate surface area is 117 Å². The van der Waals surface area contributed by atoms with Crippen LogP contribution in [0.5, 0.6) is 0 Å². The minimum absolute atomic E-state index is 0.137. The van der Waals surface area contributed by atoms with Gasteiger partial charge in [0.15, 0.2) is 12.3 Å². The van der Waals surface area contributed by atoms with Crippen molar-refractivity contribution in [3.05, 3.63) is 45.2 Å². The molecule has 0 bridgehead atoms. The zero-order valence-electron chi connectivity index (χ0n) is 11.0. The van der Waals surface area contributed by atoms with E-state index in [1.165, 1.54) is 7.11 Å². The summed E-state index contributed by atoms with van der Waals surface area (Å²) in [5.41, 5.74) is 9.55. The number of nitrogens with zero attached hydrogens (tertiary/aromatic N) is 6. The predicted molar refractivity (Wildman–Crippen MR) is 71.3 cm³/mol. The monoisotopic (exact) mass is 290 g/mol. The first-order valence-corrected chi connectivity index (χ1v) is 5.90. The number of hydrogen-bond acceptors (Lipinski definition) is 7. The molecule has 10 nitrogen and oxygen atoms in total. The first-order chi connectivity index (χ1) is 10.2. The summed E-state index contributed by atoms with van der Waals surface area (Å²) >= 11 is 0. The number of pyridine rings is 1. The topological polar surface area (TPSA) is 118 Å². The molecule has 0 aromatic carbocycles. The standard InChI is InChI=1S/C11H10N6O4/c1-19-17-10-9(21-11(17)18)2-7(3-13-10)16-5-8(20-6-16)4-14-15-12/h2-3,5H,4,6H2,1H3. The lowest BCUT2D eigenvalue weighted by Crippen LogP contribution is -2.20. The van der Waals surface area contributed by atoms with E-state index in [4.69, 9.17) is 19.5 Å². The number of aromatic nitrogens is 2. The molecule has 0 amide bonds. The van der Waals surface area contributed by atoms with Crippen LogP contribution in [0.15, 0.2) is 38.5 Å². The van der Waals surface area contributed by atoms with E-state index in [1.54, 1.807) is 23.4 Å². The van der Waals surface area contributed by atoms with E-state index in [2.05, 4.69) is 15.0 Å². The first kappa shape index (κ1) is 12.9. The summed E-state index contributed by atoms with van der Waals surface area (Å²) in [6, 6.07) is 1.65. The average molecular weight is 290 g/mol. The van der Waals surface area contributed by atoms with Gasteiger partial charge in [0.25, 0.3) is 0 Å². The molecule has 2 aromatic heterocycles. The summed E-state index contributed by atoms with van der Waals surface area (Å²) in [6.45, 7) is 0.399. The van der Waals surface area contributed by atoms with Gasteiger partial charge in [-0.05, 0) is 5.53 Å². The highest BCUT2D eigenvalue weighted by Gasteiger charge is 2.18. The Morgan fingerprint density at radius 1 is 1.62 bits per heavy atom. The summed E-state index contributed by atoms with van der Waals surface area (Å²) in [5.74, 6) is -0.0989. The number of fused-ring (bicyclic) bond motifs is 1. The van der Waals surface area contributed by atoms with E-state index in [0.717, 1.165) is 4.73 Å². The van der Waals surface area contributed by atoms with Gasteiger partial charge < -0.3 is 18.9 Å². The molecular formula is C11H10N6O4. The number of azide groups is 1. The molecule has 1 aliphatic rings. The zero-order chi connectivity index (χ0) is 14.8. The fraction of sp³-hybridized carbons (Fsp3) is 0.273. The van der Waals surface area contributed by atoms with Crippen molar-refractivity contribution in [3.63, 3.8) is 0 Å². The third-order valence-corrected chi connectivity index (χ3v) is 2.87. The third-order valence-electron chi connectivity index (χ3n) is 2.87. The summed E-state index contributed by atoms with van der Waals surface area (Å²) in [4.78, 5) is 24.9.